The Morgan fingerprint density at radius 2 is 1.86 bits per heavy atom. The largest absolute Gasteiger partial charge is 0.375 e. The van der Waals surface area contributed by atoms with Crippen molar-refractivity contribution in [3.05, 3.63) is 60.6 Å². The highest BCUT2D eigenvalue weighted by Crippen LogP contribution is 2.11. The zero-order chi connectivity index (χ0) is 19.6. The number of benzene rings is 1. The first kappa shape index (κ1) is 19.7. The third-order valence-corrected chi connectivity index (χ3v) is 4.52. The van der Waals surface area contributed by atoms with Gasteiger partial charge in [-0.05, 0) is 44.0 Å². The maximum absolute atomic E-state index is 4.65. The van der Waals surface area contributed by atoms with Crippen LogP contribution < -0.4 is 15.5 Å². The van der Waals surface area contributed by atoms with Crippen molar-refractivity contribution < 1.29 is 0 Å². The average molecular weight is 380 g/mol. The van der Waals surface area contributed by atoms with Gasteiger partial charge in [0.05, 0.1) is 0 Å². The van der Waals surface area contributed by atoms with Crippen molar-refractivity contribution in [1.29, 1.82) is 0 Å². The predicted molar refractivity (Wildman–Crippen MR) is 115 cm³/mol. The number of hydrogen-bond donors (Lipinski definition) is 2. The number of rotatable bonds is 9. The van der Waals surface area contributed by atoms with Crippen molar-refractivity contribution in [2.45, 2.75) is 26.3 Å². The molecule has 7 heteroatoms. The molecular formula is C21H29N7. The molecule has 0 spiro atoms. The molecule has 0 aliphatic heterocycles. The van der Waals surface area contributed by atoms with Crippen LogP contribution in [0.15, 0.2) is 59.7 Å². The van der Waals surface area contributed by atoms with Gasteiger partial charge in [-0.15, -0.1) is 10.2 Å². The molecular weight excluding hydrogens is 350 g/mol. The minimum absolute atomic E-state index is 0.483. The summed E-state index contributed by atoms with van der Waals surface area (Å²) < 4.78 is 1.96. The number of unbranched alkanes of at least 4 members (excludes halogenated alkanes) is 1. The predicted octanol–water partition coefficient (Wildman–Crippen LogP) is 2.70. The van der Waals surface area contributed by atoms with Gasteiger partial charge in [-0.1, -0.05) is 24.3 Å². The Kier molecular flexibility index (Phi) is 7.23. The topological polar surface area (TPSA) is 69.8 Å². The van der Waals surface area contributed by atoms with Crippen LogP contribution in [-0.4, -0.2) is 47.2 Å². The second-order valence-electron chi connectivity index (χ2n) is 6.63. The summed E-state index contributed by atoms with van der Waals surface area (Å²) in [6.45, 7) is 5.29. The van der Waals surface area contributed by atoms with E-state index >= 15 is 0 Å². The highest BCUT2D eigenvalue weighted by atomic mass is 15.3. The van der Waals surface area contributed by atoms with Gasteiger partial charge in [0.2, 0.25) is 0 Å². The van der Waals surface area contributed by atoms with Crippen LogP contribution in [0.1, 0.15) is 25.6 Å². The van der Waals surface area contributed by atoms with Gasteiger partial charge < -0.3 is 15.5 Å². The van der Waals surface area contributed by atoms with Gasteiger partial charge in [-0.3, -0.25) is 4.40 Å². The quantitative estimate of drug-likeness (QED) is 0.340. The number of pyridine rings is 1. The molecule has 0 saturated heterocycles. The van der Waals surface area contributed by atoms with Gasteiger partial charge in [0.15, 0.2) is 17.4 Å². The van der Waals surface area contributed by atoms with Crippen LogP contribution in [-0.2, 0) is 6.54 Å². The van der Waals surface area contributed by atoms with Crippen molar-refractivity contribution in [2.24, 2.45) is 4.99 Å². The first-order chi connectivity index (χ1) is 13.8. The van der Waals surface area contributed by atoms with E-state index in [1.54, 1.807) is 0 Å². The van der Waals surface area contributed by atoms with Gasteiger partial charge in [0.25, 0.3) is 0 Å². The second kappa shape index (κ2) is 10.3. The number of anilines is 1. The fourth-order valence-electron chi connectivity index (χ4n) is 2.98. The third-order valence-electron chi connectivity index (χ3n) is 4.52. The van der Waals surface area contributed by atoms with Crippen molar-refractivity contribution in [1.82, 2.24) is 25.2 Å². The summed E-state index contributed by atoms with van der Waals surface area (Å²) >= 11 is 0. The van der Waals surface area contributed by atoms with Crippen LogP contribution in [0.3, 0.4) is 0 Å². The van der Waals surface area contributed by atoms with E-state index in [0.29, 0.717) is 6.54 Å². The zero-order valence-corrected chi connectivity index (χ0v) is 16.7. The highest BCUT2D eigenvalue weighted by molar-refractivity contribution is 5.79. The molecule has 0 unspecified atom stereocenters. The van der Waals surface area contributed by atoms with E-state index < -0.39 is 0 Å². The first-order valence-electron chi connectivity index (χ1n) is 9.85. The Morgan fingerprint density at radius 1 is 1.04 bits per heavy atom. The van der Waals surface area contributed by atoms with Crippen molar-refractivity contribution in [2.75, 3.05) is 31.6 Å². The summed E-state index contributed by atoms with van der Waals surface area (Å²) in [4.78, 5) is 6.93. The van der Waals surface area contributed by atoms with Crippen LogP contribution in [0.25, 0.3) is 5.65 Å². The Labute approximate surface area is 166 Å². The second-order valence-corrected chi connectivity index (χ2v) is 6.63. The third kappa shape index (κ3) is 5.45. The van der Waals surface area contributed by atoms with E-state index in [1.165, 1.54) is 5.69 Å². The van der Waals surface area contributed by atoms with Crippen LogP contribution in [0, 0.1) is 0 Å². The van der Waals surface area contributed by atoms with Crippen LogP contribution >= 0.6 is 0 Å². The molecule has 7 nitrogen and oxygen atoms in total. The lowest BCUT2D eigenvalue weighted by Gasteiger charge is -2.19. The number of hydrogen-bond acceptors (Lipinski definition) is 4. The van der Waals surface area contributed by atoms with Crippen LogP contribution in [0.2, 0.25) is 0 Å². The molecule has 0 aliphatic rings. The Balaban J connectivity index is 1.44. The molecule has 148 valence electrons. The van der Waals surface area contributed by atoms with Gasteiger partial charge in [0, 0.05) is 38.6 Å². The molecule has 28 heavy (non-hydrogen) atoms. The Bertz CT molecular complexity index is 873. The average Bonchev–Trinajstić information content (AvgIpc) is 3.15. The number of nitrogens with one attached hydrogen (secondary N) is 2. The van der Waals surface area contributed by atoms with Gasteiger partial charge in [-0.2, -0.15) is 0 Å². The number of nitrogens with zero attached hydrogens (tertiary/aromatic N) is 5. The lowest BCUT2D eigenvalue weighted by Crippen LogP contribution is -2.38. The molecule has 0 amide bonds. The first-order valence-corrected chi connectivity index (χ1v) is 9.85. The highest BCUT2D eigenvalue weighted by Gasteiger charge is 2.05. The van der Waals surface area contributed by atoms with Crippen LogP contribution in [0.5, 0.6) is 0 Å². The monoisotopic (exact) mass is 379 g/mol. The fourth-order valence-corrected chi connectivity index (χ4v) is 2.98. The molecule has 2 N–H and O–H groups in total. The zero-order valence-electron chi connectivity index (χ0n) is 16.7. The summed E-state index contributed by atoms with van der Waals surface area (Å²) in [5.41, 5.74) is 2.10. The molecule has 0 aliphatic carbocycles. The standard InChI is InChI=1S/C21H29N7/c1-3-22-21(24-17-20-26-25-19-13-7-9-16-28(19)20)23-14-8-10-15-27(2)18-11-5-4-6-12-18/h4-7,9,11-13,16H,3,8,10,14-15,17H2,1-2H3,(H2,22,23,24). The van der Waals surface area contributed by atoms with Gasteiger partial charge in [0.1, 0.15) is 6.54 Å². The van der Waals surface area contributed by atoms with Gasteiger partial charge in [-0.25, -0.2) is 4.99 Å². The molecule has 3 rings (SSSR count). The fraction of sp³-hybridized carbons (Fsp3) is 0.381. The van der Waals surface area contributed by atoms with E-state index in [9.17, 15) is 0 Å². The molecule has 1 aromatic carbocycles. The molecule has 3 aromatic rings. The van der Waals surface area contributed by atoms with E-state index in [2.05, 4.69) is 69.0 Å². The number of aliphatic imine (C=N–C) groups is 1. The van der Waals surface area contributed by atoms with Crippen molar-refractivity contribution in [3.8, 4) is 0 Å². The molecule has 0 radical (unpaired) electrons. The summed E-state index contributed by atoms with van der Waals surface area (Å²) in [6, 6.07) is 16.3. The van der Waals surface area contributed by atoms with E-state index in [1.807, 2.05) is 34.9 Å². The van der Waals surface area contributed by atoms with E-state index in [4.69, 9.17) is 0 Å². The lowest BCUT2D eigenvalue weighted by molar-refractivity contribution is 0.686. The van der Waals surface area contributed by atoms with Gasteiger partial charge >= 0.3 is 0 Å². The van der Waals surface area contributed by atoms with E-state index in [-0.39, 0.29) is 0 Å². The van der Waals surface area contributed by atoms with E-state index in [0.717, 1.165) is 49.9 Å². The Hall–Kier alpha value is -3.09. The minimum Gasteiger partial charge on any atom is -0.375 e. The Morgan fingerprint density at radius 3 is 2.68 bits per heavy atom. The number of guanidine groups is 1. The van der Waals surface area contributed by atoms with Crippen molar-refractivity contribution >= 4 is 17.3 Å². The number of para-hydroxylation sites is 1. The lowest BCUT2D eigenvalue weighted by atomic mass is 10.2. The smallest absolute Gasteiger partial charge is 0.191 e. The molecule has 0 fully saturated rings. The normalized spacial score (nSPS) is 11.6. The summed E-state index contributed by atoms with van der Waals surface area (Å²) in [7, 11) is 2.14. The van der Waals surface area contributed by atoms with Crippen LogP contribution in [0.4, 0.5) is 5.69 Å². The summed E-state index contributed by atoms with van der Waals surface area (Å²) in [6.07, 6.45) is 4.16. The molecule has 0 saturated carbocycles. The maximum atomic E-state index is 4.65. The molecule has 2 heterocycles. The van der Waals surface area contributed by atoms with Crippen molar-refractivity contribution in [3.63, 3.8) is 0 Å². The number of aromatic nitrogens is 3. The summed E-state index contributed by atoms with van der Waals surface area (Å²) in [5, 5.41) is 15.1. The maximum Gasteiger partial charge on any atom is 0.191 e. The minimum atomic E-state index is 0.483. The SMILES string of the molecule is CCNC(=NCc1nnc2ccccn12)NCCCCN(C)c1ccccc1. The molecule has 2 aromatic heterocycles. The molecule has 0 atom stereocenters. The number of fused-ring (bicyclic) bond motifs is 1. The molecule has 0 bridgehead atoms. The summed E-state index contributed by atoms with van der Waals surface area (Å²) in [5.74, 6) is 1.64.